The van der Waals surface area contributed by atoms with Gasteiger partial charge in [0.05, 0.1) is 0 Å². The molecule has 0 aromatic carbocycles. The molecule has 0 rings (SSSR count). The zero-order valence-electron chi connectivity index (χ0n) is 1.75. The maximum Gasteiger partial charge on any atom is 0.156 e. The Hall–Kier alpha value is -0.890. The Morgan fingerprint density at radius 3 is 2.25 bits per heavy atom. The van der Waals surface area contributed by atoms with Gasteiger partial charge in [0.2, 0.25) is 0 Å². The molecule has 21 valence electrons. The van der Waals surface area contributed by atoms with Gasteiger partial charge in [-0.05, 0) is 5.53 Å². The van der Waals surface area contributed by atoms with Crippen LogP contribution in [0.15, 0.2) is 5.28 Å². The average molecular weight is 58.0 g/mol. The fourth-order valence-electron chi connectivity index (χ4n) is 0. The molecule has 0 aliphatic rings. The van der Waals surface area contributed by atoms with Crippen molar-refractivity contribution in [1.29, 1.82) is 0 Å². The van der Waals surface area contributed by atoms with Gasteiger partial charge in [0.25, 0.3) is 0 Å². The van der Waals surface area contributed by atoms with Crippen LogP contribution in [0.5, 0.6) is 0 Å². The molecule has 0 fully saturated rings. The second-order valence-electron chi connectivity index (χ2n) is 0.171. The van der Waals surface area contributed by atoms with Crippen LogP contribution in [0.25, 0.3) is 10.4 Å². The van der Waals surface area contributed by atoms with Gasteiger partial charge >= 0.3 is 0 Å². The van der Waals surface area contributed by atoms with E-state index in [1.165, 1.54) is 0 Å². The molecule has 0 spiro atoms. The first kappa shape index (κ1) is 3.11. The predicted octanol–water partition coefficient (Wildman–Crippen LogP) is 0.642. The van der Waals surface area contributed by atoms with Gasteiger partial charge in [0, 0.05) is 4.91 Å². The first-order valence-corrected chi connectivity index (χ1v) is 0.583. The average Bonchev–Trinajstić information content (AvgIpc) is 1.37. The quantitative estimate of drug-likeness (QED) is 0.170. The molecule has 0 aromatic heterocycles. The van der Waals surface area contributed by atoms with E-state index >= 15 is 0 Å². The third-order valence-corrected chi connectivity index (χ3v) is 0.0365. The van der Waals surface area contributed by atoms with Crippen LogP contribution in [0.1, 0.15) is 0 Å². The van der Waals surface area contributed by atoms with Crippen molar-refractivity contribution in [2.75, 3.05) is 0 Å². The van der Waals surface area contributed by atoms with Gasteiger partial charge in [-0.1, -0.05) is 0 Å². The van der Waals surface area contributed by atoms with Crippen LogP contribution in [0, 0.1) is 0 Å². The van der Waals surface area contributed by atoms with Gasteiger partial charge in [0.15, 0.2) is 5.28 Å². The van der Waals surface area contributed by atoms with Crippen LogP contribution in [-0.4, -0.2) is 0 Å². The summed E-state index contributed by atoms with van der Waals surface area (Å²) in [7, 11) is 0. The Morgan fingerprint density at radius 1 is 2.00 bits per heavy atom. The molecule has 0 amide bonds. The molecule has 0 N–H and O–H groups in total. The second kappa shape index (κ2) is 2.11. The minimum Gasteiger partial charge on any atom is -0.197 e. The summed E-state index contributed by atoms with van der Waals surface area (Å²) in [4.78, 5) is 1.81. The SMILES string of the molecule is [N-]=[N+]=N[O]. The van der Waals surface area contributed by atoms with E-state index in [2.05, 4.69) is 0 Å². The van der Waals surface area contributed by atoms with E-state index < -0.39 is 0 Å². The number of hydrogen-bond donors (Lipinski definition) is 0. The predicted molar refractivity (Wildman–Crippen MR) is 9.83 cm³/mol. The van der Waals surface area contributed by atoms with E-state index in [0.717, 1.165) is 0 Å². The number of hydrogen-bond acceptors (Lipinski definition) is 1. The molecule has 0 atom stereocenters. The van der Waals surface area contributed by atoms with Crippen molar-refractivity contribution in [3.05, 3.63) is 10.4 Å². The van der Waals surface area contributed by atoms with Crippen LogP contribution in [0.4, 0.5) is 0 Å². The molecular weight excluding hydrogens is 58.0 g/mol. The van der Waals surface area contributed by atoms with Gasteiger partial charge < -0.3 is 0 Å². The van der Waals surface area contributed by atoms with Crippen molar-refractivity contribution in [3.63, 3.8) is 0 Å². The summed E-state index contributed by atoms with van der Waals surface area (Å²) in [5, 5.41) is 10.2. The van der Waals surface area contributed by atoms with E-state index in [0.29, 0.717) is 0 Å². The van der Waals surface area contributed by atoms with Crippen molar-refractivity contribution in [1.82, 2.24) is 0 Å². The highest BCUT2D eigenvalue weighted by Crippen LogP contribution is 1.47. The van der Waals surface area contributed by atoms with Crippen molar-refractivity contribution < 1.29 is 5.21 Å². The zero-order valence-corrected chi connectivity index (χ0v) is 1.75. The fourth-order valence-corrected chi connectivity index (χ4v) is 0. The first-order valence-electron chi connectivity index (χ1n) is 0.583. The molecule has 0 aromatic rings. The van der Waals surface area contributed by atoms with Crippen molar-refractivity contribution >= 4 is 0 Å². The molecule has 0 bridgehead atoms. The lowest BCUT2D eigenvalue weighted by molar-refractivity contribution is 0.201. The summed E-state index contributed by atoms with van der Waals surface area (Å²) >= 11 is 0. The molecule has 0 aliphatic carbocycles. The molecule has 0 saturated carbocycles. The van der Waals surface area contributed by atoms with Crippen LogP contribution < -0.4 is 0 Å². The van der Waals surface area contributed by atoms with E-state index in [-0.39, 0.29) is 0 Å². The highest BCUT2D eigenvalue weighted by atomic mass is 16.4. The van der Waals surface area contributed by atoms with Gasteiger partial charge in [-0.25, -0.2) is 0 Å². The van der Waals surface area contributed by atoms with E-state index in [4.69, 9.17) is 10.7 Å². The maximum absolute atomic E-state index is 8.51. The smallest absolute Gasteiger partial charge is 0.156 e. The normalized spacial score (nSPS) is 4.00. The van der Waals surface area contributed by atoms with E-state index in [1.807, 2.05) is 0 Å². The minimum atomic E-state index is 1.67. The standard InChI is InChI=1S/N3O/c1-2-3-4. The number of nitrogens with zero attached hydrogens (tertiary/aromatic N) is 3. The van der Waals surface area contributed by atoms with Gasteiger partial charge in [-0.3, -0.25) is 0 Å². The molecular formula is N3O. The topological polar surface area (TPSA) is 68.7 Å². The van der Waals surface area contributed by atoms with Crippen LogP contribution in [0.2, 0.25) is 0 Å². The zero-order chi connectivity index (χ0) is 3.41. The Balaban J connectivity index is 3.11. The summed E-state index contributed by atoms with van der Waals surface area (Å²) in [5.74, 6) is 0. The number of azide groups is 1. The van der Waals surface area contributed by atoms with Crippen LogP contribution >= 0.6 is 0 Å². The fraction of sp³-hybridized carbons (Fsp3) is 0. The van der Waals surface area contributed by atoms with Crippen LogP contribution in [0.3, 0.4) is 0 Å². The molecule has 0 saturated heterocycles. The lowest BCUT2D eigenvalue weighted by Gasteiger charge is -1.29. The highest BCUT2D eigenvalue weighted by molar-refractivity contribution is 4.25. The first-order chi connectivity index (χ1) is 1.91. The second-order valence-corrected chi connectivity index (χ2v) is 0.171. The summed E-state index contributed by atoms with van der Waals surface area (Å²) in [6, 6.07) is 0. The van der Waals surface area contributed by atoms with Crippen molar-refractivity contribution in [2.45, 2.75) is 0 Å². The molecule has 4 heavy (non-hydrogen) atoms. The minimum absolute atomic E-state index is 1.67. The third kappa shape index (κ3) is 1.11. The van der Waals surface area contributed by atoms with Crippen molar-refractivity contribution in [2.24, 2.45) is 5.28 Å². The molecule has 4 nitrogen and oxygen atoms in total. The number of rotatable bonds is 0. The molecule has 4 heteroatoms. The molecule has 1 radical (unpaired) electrons. The Labute approximate surface area is 22.3 Å². The lowest BCUT2D eigenvalue weighted by Crippen LogP contribution is -1.19. The van der Waals surface area contributed by atoms with Gasteiger partial charge in [0.1, 0.15) is 0 Å². The Bertz CT molecular complexity index is 41.2. The molecule has 0 unspecified atom stereocenters. The Morgan fingerprint density at radius 2 is 2.25 bits per heavy atom. The van der Waals surface area contributed by atoms with E-state index in [1.54, 1.807) is 10.2 Å². The largest absolute Gasteiger partial charge is 0.197 e. The summed E-state index contributed by atoms with van der Waals surface area (Å²) < 4.78 is 0. The van der Waals surface area contributed by atoms with Crippen LogP contribution in [-0.2, 0) is 5.21 Å². The van der Waals surface area contributed by atoms with E-state index in [9.17, 15) is 0 Å². The monoisotopic (exact) mass is 58.0 g/mol. The van der Waals surface area contributed by atoms with Gasteiger partial charge in [-0.2, -0.15) is 5.21 Å². The highest BCUT2D eigenvalue weighted by Gasteiger charge is 1.34. The Kier molecular flexibility index (Phi) is 1.64. The maximum atomic E-state index is 8.51. The third-order valence-electron chi connectivity index (χ3n) is 0.0365. The summed E-state index contributed by atoms with van der Waals surface area (Å²) in [6.07, 6.45) is 0. The van der Waals surface area contributed by atoms with Gasteiger partial charge in [-0.15, -0.1) is 0 Å². The molecule has 0 heterocycles. The molecule has 0 aliphatic heterocycles. The summed E-state index contributed by atoms with van der Waals surface area (Å²) in [5.41, 5.74) is 7.02. The van der Waals surface area contributed by atoms with Crippen molar-refractivity contribution in [3.8, 4) is 0 Å². The summed E-state index contributed by atoms with van der Waals surface area (Å²) in [6.45, 7) is 0. The lowest BCUT2D eigenvalue weighted by atomic mass is 12.9.